The molecule has 1 aromatic carbocycles. The van der Waals surface area contributed by atoms with Gasteiger partial charge in [-0.1, -0.05) is 24.6 Å². The molecule has 3 aromatic heterocycles. The minimum atomic E-state index is 0.115. The summed E-state index contributed by atoms with van der Waals surface area (Å²) in [5.41, 5.74) is 3.73. The number of tetrazole rings is 1. The zero-order valence-corrected chi connectivity index (χ0v) is 15.7. The van der Waals surface area contributed by atoms with Crippen molar-refractivity contribution < 1.29 is 9.21 Å². The monoisotopic (exact) mass is 375 g/mol. The summed E-state index contributed by atoms with van der Waals surface area (Å²) in [7, 11) is 0. The van der Waals surface area contributed by atoms with Crippen LogP contribution in [-0.4, -0.2) is 30.8 Å². The van der Waals surface area contributed by atoms with Gasteiger partial charge in [0.15, 0.2) is 5.65 Å². The summed E-state index contributed by atoms with van der Waals surface area (Å²) in [6.07, 6.45) is 4.69. The van der Waals surface area contributed by atoms with Crippen LogP contribution < -0.4 is 0 Å². The average Bonchev–Trinajstić information content (AvgIpc) is 3.31. The van der Waals surface area contributed by atoms with Gasteiger partial charge in [0.1, 0.15) is 5.76 Å². The molecule has 1 saturated carbocycles. The van der Waals surface area contributed by atoms with Gasteiger partial charge in [0.2, 0.25) is 5.91 Å². The highest BCUT2D eigenvalue weighted by atomic mass is 16.3. The molecule has 0 saturated heterocycles. The van der Waals surface area contributed by atoms with Crippen LogP contribution in [0.15, 0.2) is 47.1 Å². The highest BCUT2D eigenvalue weighted by Gasteiger charge is 2.30. The third-order valence-corrected chi connectivity index (χ3v) is 5.62. The number of para-hydroxylation sites is 1. The van der Waals surface area contributed by atoms with Gasteiger partial charge in [-0.15, -0.1) is 5.10 Å². The molecule has 1 fully saturated rings. The first-order valence-corrected chi connectivity index (χ1v) is 9.61. The Morgan fingerprint density at radius 1 is 1.25 bits per heavy atom. The van der Waals surface area contributed by atoms with E-state index in [1.165, 1.54) is 0 Å². The molecule has 7 heteroatoms. The first-order valence-electron chi connectivity index (χ1n) is 9.61. The Morgan fingerprint density at radius 3 is 2.89 bits per heavy atom. The molecule has 3 heterocycles. The molecular formula is C21H21N5O2. The molecule has 0 radical (unpaired) electrons. The zero-order valence-electron chi connectivity index (χ0n) is 15.7. The van der Waals surface area contributed by atoms with Crippen molar-refractivity contribution in [3.63, 3.8) is 0 Å². The molecule has 5 rings (SSSR count). The number of carbonyl (C=O) groups is 1. The predicted octanol–water partition coefficient (Wildman–Crippen LogP) is 3.51. The van der Waals surface area contributed by atoms with E-state index in [1.54, 1.807) is 10.8 Å². The number of nitrogens with zero attached hydrogens (tertiary/aromatic N) is 5. The van der Waals surface area contributed by atoms with Crippen LogP contribution in [0.5, 0.6) is 0 Å². The second-order valence-corrected chi connectivity index (χ2v) is 7.50. The van der Waals surface area contributed by atoms with Gasteiger partial charge in [-0.25, -0.2) is 0 Å². The predicted molar refractivity (Wildman–Crippen MR) is 103 cm³/mol. The number of aromatic nitrogens is 4. The number of amides is 1. The first-order chi connectivity index (χ1) is 13.7. The molecule has 0 spiro atoms. The molecule has 0 N–H and O–H groups in total. The molecular weight excluding hydrogens is 354 g/mol. The molecule has 142 valence electrons. The van der Waals surface area contributed by atoms with E-state index < -0.39 is 0 Å². The maximum absolute atomic E-state index is 13.1. The Kier molecular flexibility index (Phi) is 4.07. The lowest BCUT2D eigenvalue weighted by Gasteiger charge is -2.31. The number of rotatable bonds is 5. The van der Waals surface area contributed by atoms with Crippen LogP contribution in [-0.2, 0) is 17.9 Å². The summed E-state index contributed by atoms with van der Waals surface area (Å²) in [5, 5.41) is 13.4. The van der Waals surface area contributed by atoms with Crippen molar-refractivity contribution in [3.05, 3.63) is 59.5 Å². The van der Waals surface area contributed by atoms with Crippen molar-refractivity contribution in [1.29, 1.82) is 0 Å². The topological polar surface area (TPSA) is 76.5 Å². The summed E-state index contributed by atoms with van der Waals surface area (Å²) in [5.74, 6) is 1.07. The molecule has 0 unspecified atom stereocenters. The summed E-state index contributed by atoms with van der Waals surface area (Å²) >= 11 is 0. The van der Waals surface area contributed by atoms with Crippen LogP contribution in [0, 0.1) is 12.8 Å². The van der Waals surface area contributed by atoms with Crippen LogP contribution in [0.4, 0.5) is 0 Å². The van der Waals surface area contributed by atoms with E-state index in [-0.39, 0.29) is 11.8 Å². The van der Waals surface area contributed by atoms with Gasteiger partial charge < -0.3 is 9.32 Å². The summed E-state index contributed by atoms with van der Waals surface area (Å²) in [6.45, 7) is 2.94. The molecule has 1 aliphatic carbocycles. The minimum Gasteiger partial charge on any atom is -0.467 e. The number of hydrogen-bond donors (Lipinski definition) is 0. The highest BCUT2D eigenvalue weighted by molar-refractivity contribution is 5.86. The Morgan fingerprint density at radius 2 is 2.14 bits per heavy atom. The molecule has 1 aliphatic rings. The Balaban J connectivity index is 1.56. The van der Waals surface area contributed by atoms with Gasteiger partial charge in [0.05, 0.1) is 18.3 Å². The normalized spacial score (nSPS) is 14.5. The van der Waals surface area contributed by atoms with E-state index in [4.69, 9.17) is 4.42 Å². The lowest BCUT2D eigenvalue weighted by Crippen LogP contribution is -2.38. The third-order valence-electron chi connectivity index (χ3n) is 5.62. The number of hydrogen-bond acceptors (Lipinski definition) is 5. The second kappa shape index (κ2) is 6.74. The van der Waals surface area contributed by atoms with Crippen LogP contribution in [0.1, 0.15) is 36.1 Å². The minimum absolute atomic E-state index is 0.115. The number of fused-ring (bicyclic) bond motifs is 3. The van der Waals surface area contributed by atoms with Crippen LogP contribution in [0.2, 0.25) is 0 Å². The fourth-order valence-corrected chi connectivity index (χ4v) is 3.92. The summed E-state index contributed by atoms with van der Waals surface area (Å²) in [4.78, 5) is 14.9. The zero-order chi connectivity index (χ0) is 19.1. The smallest absolute Gasteiger partial charge is 0.226 e. The first kappa shape index (κ1) is 16.9. The van der Waals surface area contributed by atoms with Crippen molar-refractivity contribution >= 4 is 22.5 Å². The van der Waals surface area contributed by atoms with Gasteiger partial charge in [0.25, 0.3) is 0 Å². The van der Waals surface area contributed by atoms with Crippen LogP contribution in [0.3, 0.4) is 0 Å². The van der Waals surface area contributed by atoms with E-state index in [0.29, 0.717) is 18.7 Å². The number of furan rings is 1. The van der Waals surface area contributed by atoms with Crippen LogP contribution >= 0.6 is 0 Å². The molecule has 1 amide bonds. The lowest BCUT2D eigenvalue weighted by atomic mass is 9.84. The summed E-state index contributed by atoms with van der Waals surface area (Å²) in [6, 6.07) is 12.0. The van der Waals surface area contributed by atoms with Crippen LogP contribution in [0.25, 0.3) is 16.6 Å². The third kappa shape index (κ3) is 2.83. The highest BCUT2D eigenvalue weighted by Crippen LogP contribution is 2.30. The average molecular weight is 375 g/mol. The molecule has 0 atom stereocenters. The van der Waals surface area contributed by atoms with Crippen molar-refractivity contribution in [2.75, 3.05) is 0 Å². The van der Waals surface area contributed by atoms with E-state index in [9.17, 15) is 4.79 Å². The van der Waals surface area contributed by atoms with Crippen molar-refractivity contribution in [2.24, 2.45) is 5.92 Å². The Hall–Kier alpha value is -3.22. The number of benzene rings is 1. The molecule has 0 bridgehead atoms. The maximum Gasteiger partial charge on any atom is 0.226 e. The van der Waals surface area contributed by atoms with Crippen molar-refractivity contribution in [1.82, 2.24) is 24.9 Å². The van der Waals surface area contributed by atoms with Crippen molar-refractivity contribution in [3.8, 4) is 0 Å². The number of pyridine rings is 1. The van der Waals surface area contributed by atoms with E-state index in [0.717, 1.165) is 47.1 Å². The van der Waals surface area contributed by atoms with E-state index in [2.05, 4.69) is 27.7 Å². The summed E-state index contributed by atoms with van der Waals surface area (Å²) < 4.78 is 7.28. The number of aryl methyl sites for hydroxylation is 1. The van der Waals surface area contributed by atoms with Gasteiger partial charge >= 0.3 is 0 Å². The maximum atomic E-state index is 13.1. The van der Waals surface area contributed by atoms with Crippen molar-refractivity contribution in [2.45, 2.75) is 39.3 Å². The quantitative estimate of drug-likeness (QED) is 0.533. The Labute approximate surface area is 161 Å². The van der Waals surface area contributed by atoms with Gasteiger partial charge in [-0.2, -0.15) is 4.52 Å². The van der Waals surface area contributed by atoms with E-state index in [1.807, 2.05) is 36.1 Å². The molecule has 0 aliphatic heterocycles. The molecule has 4 aromatic rings. The fraction of sp³-hybridized carbons (Fsp3) is 0.333. The second-order valence-electron chi connectivity index (χ2n) is 7.50. The largest absolute Gasteiger partial charge is 0.467 e. The van der Waals surface area contributed by atoms with Gasteiger partial charge in [-0.05, 0) is 54.0 Å². The lowest BCUT2D eigenvalue weighted by molar-refractivity contribution is -0.139. The van der Waals surface area contributed by atoms with E-state index >= 15 is 0 Å². The van der Waals surface area contributed by atoms with Gasteiger partial charge in [0, 0.05) is 23.4 Å². The van der Waals surface area contributed by atoms with Gasteiger partial charge in [-0.3, -0.25) is 4.79 Å². The fourth-order valence-electron chi connectivity index (χ4n) is 3.92. The SMILES string of the molecule is Cc1cccc2cc(CN(Cc3ccco3)C(=O)C3CCC3)c3nnnn3c12. The Bertz CT molecular complexity index is 1140. The standard InChI is InChI=1S/C21H21N5O2/c1-14-5-2-8-16-11-17(20-22-23-24-26(20)19(14)16)12-25(13-18-9-4-10-28-18)21(27)15-6-3-7-15/h2,4-5,8-11,15H,3,6-7,12-13H2,1H3. The number of carbonyl (C=O) groups excluding carboxylic acids is 1. The molecule has 28 heavy (non-hydrogen) atoms. The molecule has 7 nitrogen and oxygen atoms in total.